The standard InChI is InChI=1S/C15H13F3N4/c1-10-6-21(8-19-10)13-3-12(15(16,17)18)4-14(5-13)22-7-11(2)20-9-22/h3-9H,1-2H3. The van der Waals surface area contributed by atoms with Crippen LogP contribution in [-0.2, 0) is 6.18 Å². The molecule has 0 unspecified atom stereocenters. The van der Waals surface area contributed by atoms with Gasteiger partial charge in [0.15, 0.2) is 0 Å². The van der Waals surface area contributed by atoms with Crippen LogP contribution in [0.25, 0.3) is 11.4 Å². The summed E-state index contributed by atoms with van der Waals surface area (Å²) in [5, 5.41) is 0. The Balaban J connectivity index is 2.18. The fourth-order valence-corrected chi connectivity index (χ4v) is 2.18. The Labute approximate surface area is 124 Å². The summed E-state index contributed by atoms with van der Waals surface area (Å²) >= 11 is 0. The molecule has 2 heterocycles. The number of imidazole rings is 2. The Bertz CT molecular complexity index is 756. The van der Waals surface area contributed by atoms with Crippen molar-refractivity contribution in [2.24, 2.45) is 0 Å². The summed E-state index contributed by atoms with van der Waals surface area (Å²) in [5.74, 6) is 0. The van der Waals surface area contributed by atoms with E-state index in [1.807, 2.05) is 0 Å². The quantitative estimate of drug-likeness (QED) is 0.724. The number of rotatable bonds is 2. The molecule has 0 N–H and O–H groups in total. The van der Waals surface area contributed by atoms with Gasteiger partial charge in [-0.15, -0.1) is 0 Å². The molecule has 0 saturated carbocycles. The van der Waals surface area contributed by atoms with E-state index < -0.39 is 11.7 Å². The molecule has 3 rings (SSSR count). The van der Waals surface area contributed by atoms with E-state index in [4.69, 9.17) is 0 Å². The first-order chi connectivity index (χ1) is 10.3. The van der Waals surface area contributed by atoms with Crippen molar-refractivity contribution in [3.63, 3.8) is 0 Å². The minimum absolute atomic E-state index is 0.400. The Kier molecular flexibility index (Phi) is 3.27. The first-order valence-corrected chi connectivity index (χ1v) is 6.57. The summed E-state index contributed by atoms with van der Waals surface area (Å²) < 4.78 is 42.6. The molecule has 114 valence electrons. The van der Waals surface area contributed by atoms with Crippen molar-refractivity contribution in [3.05, 3.63) is 60.2 Å². The highest BCUT2D eigenvalue weighted by molar-refractivity contribution is 5.48. The molecule has 0 bridgehead atoms. The predicted octanol–water partition coefficient (Wildman–Crippen LogP) is 3.69. The van der Waals surface area contributed by atoms with Gasteiger partial charge in [0.25, 0.3) is 0 Å². The van der Waals surface area contributed by atoms with Crippen LogP contribution in [0.1, 0.15) is 17.0 Å². The van der Waals surface area contributed by atoms with Crippen LogP contribution in [0.4, 0.5) is 13.2 Å². The van der Waals surface area contributed by atoms with Gasteiger partial charge >= 0.3 is 6.18 Å². The largest absolute Gasteiger partial charge is 0.416 e. The zero-order chi connectivity index (χ0) is 15.9. The summed E-state index contributed by atoms with van der Waals surface area (Å²) in [7, 11) is 0. The number of aryl methyl sites for hydroxylation is 2. The third-order valence-corrected chi connectivity index (χ3v) is 3.25. The van der Waals surface area contributed by atoms with Crippen LogP contribution in [0.2, 0.25) is 0 Å². The Morgan fingerprint density at radius 3 is 1.59 bits per heavy atom. The summed E-state index contributed by atoms with van der Waals surface area (Å²) in [5.41, 5.74) is 1.56. The van der Waals surface area contributed by atoms with Crippen LogP contribution < -0.4 is 0 Å². The van der Waals surface area contributed by atoms with Gasteiger partial charge in [0.2, 0.25) is 0 Å². The van der Waals surface area contributed by atoms with Crippen molar-refractivity contribution < 1.29 is 13.2 Å². The normalized spacial score (nSPS) is 11.9. The van der Waals surface area contributed by atoms with E-state index in [9.17, 15) is 13.2 Å². The van der Waals surface area contributed by atoms with Crippen molar-refractivity contribution in [1.29, 1.82) is 0 Å². The molecule has 22 heavy (non-hydrogen) atoms. The molecule has 2 aromatic heterocycles. The van der Waals surface area contributed by atoms with Gasteiger partial charge in [-0.1, -0.05) is 0 Å². The lowest BCUT2D eigenvalue weighted by Gasteiger charge is -2.13. The monoisotopic (exact) mass is 306 g/mol. The van der Waals surface area contributed by atoms with Gasteiger partial charge in [0, 0.05) is 23.8 Å². The maximum absolute atomic E-state index is 13.1. The topological polar surface area (TPSA) is 35.6 Å². The summed E-state index contributed by atoms with van der Waals surface area (Å²) in [6, 6.07) is 3.88. The van der Waals surface area contributed by atoms with E-state index >= 15 is 0 Å². The van der Waals surface area contributed by atoms with Gasteiger partial charge in [0.05, 0.1) is 29.6 Å². The first-order valence-electron chi connectivity index (χ1n) is 6.57. The fraction of sp³-hybridized carbons (Fsp3) is 0.200. The maximum Gasteiger partial charge on any atom is 0.416 e. The summed E-state index contributed by atoms with van der Waals surface area (Å²) in [4.78, 5) is 8.11. The molecule has 0 aliphatic rings. The van der Waals surface area contributed by atoms with Gasteiger partial charge in [-0.25, -0.2) is 9.97 Å². The highest BCUT2D eigenvalue weighted by Gasteiger charge is 2.31. The van der Waals surface area contributed by atoms with E-state index in [2.05, 4.69) is 9.97 Å². The Morgan fingerprint density at radius 1 is 0.818 bits per heavy atom. The highest BCUT2D eigenvalue weighted by Crippen LogP contribution is 2.32. The average molecular weight is 306 g/mol. The van der Waals surface area contributed by atoms with Crippen LogP contribution >= 0.6 is 0 Å². The number of hydrogen-bond donors (Lipinski definition) is 0. The zero-order valence-corrected chi connectivity index (χ0v) is 12.0. The second-order valence-corrected chi connectivity index (χ2v) is 5.08. The first kappa shape index (κ1) is 14.4. The van der Waals surface area contributed by atoms with Crippen molar-refractivity contribution in [1.82, 2.24) is 19.1 Å². The van der Waals surface area contributed by atoms with Gasteiger partial charge in [-0.2, -0.15) is 13.2 Å². The molecule has 0 fully saturated rings. The van der Waals surface area contributed by atoms with Gasteiger partial charge in [-0.3, -0.25) is 0 Å². The fourth-order valence-electron chi connectivity index (χ4n) is 2.18. The van der Waals surface area contributed by atoms with Gasteiger partial charge < -0.3 is 9.13 Å². The lowest BCUT2D eigenvalue weighted by molar-refractivity contribution is -0.137. The summed E-state index contributed by atoms with van der Waals surface area (Å²) in [6.45, 7) is 3.56. The van der Waals surface area contributed by atoms with Crippen LogP contribution in [0, 0.1) is 13.8 Å². The molecular weight excluding hydrogens is 293 g/mol. The third kappa shape index (κ3) is 2.74. The Hall–Kier alpha value is -2.57. The number of nitrogens with zero attached hydrogens (tertiary/aromatic N) is 4. The van der Waals surface area contributed by atoms with Crippen molar-refractivity contribution in [3.8, 4) is 11.4 Å². The van der Waals surface area contributed by atoms with Crippen molar-refractivity contribution in [2.45, 2.75) is 20.0 Å². The smallest absolute Gasteiger partial charge is 0.306 e. The molecule has 0 spiro atoms. The predicted molar refractivity (Wildman–Crippen MR) is 75.2 cm³/mol. The molecular formula is C15H13F3N4. The average Bonchev–Trinajstić information content (AvgIpc) is 3.06. The second-order valence-electron chi connectivity index (χ2n) is 5.08. The van der Waals surface area contributed by atoms with E-state index in [1.54, 1.807) is 41.4 Å². The minimum atomic E-state index is -4.42. The van der Waals surface area contributed by atoms with Crippen molar-refractivity contribution >= 4 is 0 Å². The minimum Gasteiger partial charge on any atom is -0.306 e. The van der Waals surface area contributed by atoms with E-state index in [0.717, 1.165) is 23.5 Å². The number of aromatic nitrogens is 4. The van der Waals surface area contributed by atoms with E-state index in [-0.39, 0.29) is 0 Å². The van der Waals surface area contributed by atoms with Crippen LogP contribution in [-0.4, -0.2) is 19.1 Å². The number of hydrogen-bond acceptors (Lipinski definition) is 2. The van der Waals surface area contributed by atoms with E-state index in [1.165, 1.54) is 12.7 Å². The number of halogens is 3. The third-order valence-electron chi connectivity index (χ3n) is 3.25. The molecule has 0 saturated heterocycles. The lowest BCUT2D eigenvalue weighted by Crippen LogP contribution is -2.08. The van der Waals surface area contributed by atoms with Crippen LogP contribution in [0.15, 0.2) is 43.2 Å². The number of benzene rings is 1. The lowest BCUT2D eigenvalue weighted by atomic mass is 10.1. The second kappa shape index (κ2) is 5.01. The molecule has 0 amide bonds. The van der Waals surface area contributed by atoms with Crippen molar-refractivity contribution in [2.75, 3.05) is 0 Å². The zero-order valence-electron chi connectivity index (χ0n) is 12.0. The molecule has 0 atom stereocenters. The number of alkyl halides is 3. The molecule has 0 aliphatic heterocycles. The molecule has 7 heteroatoms. The summed E-state index contributed by atoms with van der Waals surface area (Å²) in [6.07, 6.45) is 1.92. The highest BCUT2D eigenvalue weighted by atomic mass is 19.4. The molecule has 0 radical (unpaired) electrons. The SMILES string of the molecule is Cc1cn(-c2cc(-n3cnc(C)c3)cc(C(F)(F)F)c2)cn1. The maximum atomic E-state index is 13.1. The Morgan fingerprint density at radius 2 is 1.27 bits per heavy atom. The van der Waals surface area contributed by atoms with Gasteiger partial charge in [0.1, 0.15) is 0 Å². The van der Waals surface area contributed by atoms with Crippen LogP contribution in [0.5, 0.6) is 0 Å². The molecule has 3 aromatic rings. The molecule has 0 aliphatic carbocycles. The van der Waals surface area contributed by atoms with Crippen LogP contribution in [0.3, 0.4) is 0 Å². The van der Waals surface area contributed by atoms with Gasteiger partial charge in [-0.05, 0) is 32.0 Å². The van der Waals surface area contributed by atoms with E-state index in [0.29, 0.717) is 11.4 Å². The molecule has 4 nitrogen and oxygen atoms in total. The molecule has 1 aromatic carbocycles.